The molecule has 0 saturated carbocycles. The van der Waals surface area contributed by atoms with E-state index in [-0.39, 0.29) is 18.3 Å². The highest BCUT2D eigenvalue weighted by Gasteiger charge is 2.24. The maximum atomic E-state index is 12.4. The Kier molecular flexibility index (Phi) is 3.01. The van der Waals surface area contributed by atoms with Crippen molar-refractivity contribution in [3.05, 3.63) is 66.2 Å². The van der Waals surface area contributed by atoms with Crippen LogP contribution in [0.15, 0.2) is 54.9 Å². The van der Waals surface area contributed by atoms with Crippen molar-refractivity contribution < 1.29 is 14.6 Å². The minimum Gasteiger partial charge on any atom is -0.508 e. The Labute approximate surface area is 132 Å². The Morgan fingerprint density at radius 1 is 1.22 bits per heavy atom. The van der Waals surface area contributed by atoms with Gasteiger partial charge in [-0.2, -0.15) is 0 Å². The van der Waals surface area contributed by atoms with Crippen LogP contribution >= 0.6 is 0 Å². The average molecular weight is 307 g/mol. The molecule has 3 aromatic rings. The van der Waals surface area contributed by atoms with Crippen molar-refractivity contribution in [2.45, 2.75) is 6.61 Å². The van der Waals surface area contributed by atoms with E-state index in [4.69, 9.17) is 4.74 Å². The Bertz CT molecular complexity index is 902. The molecule has 2 heterocycles. The summed E-state index contributed by atoms with van der Waals surface area (Å²) in [5, 5.41) is 12.2. The first-order valence-electron chi connectivity index (χ1n) is 7.11. The Morgan fingerprint density at radius 3 is 2.96 bits per heavy atom. The summed E-state index contributed by atoms with van der Waals surface area (Å²) in [6.07, 6.45) is 1.62. The third-order valence-corrected chi connectivity index (χ3v) is 3.67. The van der Waals surface area contributed by atoms with E-state index in [0.29, 0.717) is 17.1 Å². The number of carbonyl (C=O) groups excluding carboxylic acids is 1. The van der Waals surface area contributed by atoms with E-state index in [9.17, 15) is 9.90 Å². The number of fused-ring (bicyclic) bond motifs is 3. The predicted molar refractivity (Wildman–Crippen MR) is 84.0 cm³/mol. The normalized spacial score (nSPS) is 12.0. The lowest BCUT2D eigenvalue weighted by Gasteiger charge is -2.20. The number of amides is 1. The summed E-state index contributed by atoms with van der Waals surface area (Å²) in [5.74, 6) is 0.511. The molecule has 114 valence electrons. The number of para-hydroxylation sites is 2. The number of rotatable bonds is 2. The monoisotopic (exact) mass is 307 g/mol. The second-order valence-corrected chi connectivity index (χ2v) is 5.17. The van der Waals surface area contributed by atoms with Crippen molar-refractivity contribution in [1.29, 1.82) is 0 Å². The van der Waals surface area contributed by atoms with E-state index in [0.717, 1.165) is 11.4 Å². The fourth-order valence-corrected chi connectivity index (χ4v) is 2.61. The smallest absolute Gasteiger partial charge is 0.276 e. The number of nitrogens with zero attached hydrogens (tertiary/aromatic N) is 2. The highest BCUT2D eigenvalue weighted by Crippen LogP contribution is 2.30. The van der Waals surface area contributed by atoms with Crippen LogP contribution in [0.1, 0.15) is 16.2 Å². The topological polar surface area (TPSA) is 76.4 Å². The Balaban J connectivity index is 1.67. The lowest BCUT2D eigenvalue weighted by molar-refractivity contribution is 0.101. The summed E-state index contributed by atoms with van der Waals surface area (Å²) in [5.41, 5.74) is 2.37. The van der Waals surface area contributed by atoms with E-state index in [1.807, 2.05) is 28.8 Å². The minimum atomic E-state index is -0.340. The molecule has 0 bridgehead atoms. The number of imidazole rings is 1. The van der Waals surface area contributed by atoms with Crippen molar-refractivity contribution >= 4 is 11.6 Å². The highest BCUT2D eigenvalue weighted by molar-refractivity contribution is 6.03. The molecule has 2 N–H and O–H groups in total. The van der Waals surface area contributed by atoms with Crippen LogP contribution in [0.2, 0.25) is 0 Å². The summed E-state index contributed by atoms with van der Waals surface area (Å²) in [7, 11) is 0. The number of anilines is 1. The number of ether oxygens (including phenoxy) is 1. The third kappa shape index (κ3) is 2.30. The molecule has 6 heteroatoms. The Hall–Kier alpha value is -3.28. The van der Waals surface area contributed by atoms with Crippen molar-refractivity contribution in [2.24, 2.45) is 0 Å². The van der Waals surface area contributed by atoms with Gasteiger partial charge >= 0.3 is 0 Å². The lowest BCUT2D eigenvalue weighted by atomic mass is 10.2. The van der Waals surface area contributed by atoms with Gasteiger partial charge in [-0.3, -0.25) is 9.36 Å². The second kappa shape index (κ2) is 5.17. The molecule has 1 aromatic heterocycles. The van der Waals surface area contributed by atoms with Gasteiger partial charge < -0.3 is 15.2 Å². The van der Waals surface area contributed by atoms with Crippen LogP contribution in [0.5, 0.6) is 11.5 Å². The zero-order chi connectivity index (χ0) is 15.8. The molecule has 1 amide bonds. The number of hydrogen-bond acceptors (Lipinski definition) is 4. The number of phenolic OH excluding ortho intramolecular Hbond substituents is 1. The Morgan fingerprint density at radius 2 is 2.09 bits per heavy atom. The lowest BCUT2D eigenvalue weighted by Crippen LogP contribution is -2.19. The maximum absolute atomic E-state index is 12.4. The first kappa shape index (κ1) is 13.4. The molecule has 2 aromatic carbocycles. The van der Waals surface area contributed by atoms with Gasteiger partial charge in [0.15, 0.2) is 5.69 Å². The van der Waals surface area contributed by atoms with Crippen LogP contribution in [0.25, 0.3) is 5.69 Å². The van der Waals surface area contributed by atoms with Crippen LogP contribution in [0.3, 0.4) is 0 Å². The molecule has 0 aliphatic carbocycles. The first-order chi connectivity index (χ1) is 11.2. The first-order valence-corrected chi connectivity index (χ1v) is 7.11. The van der Waals surface area contributed by atoms with Crippen LogP contribution in [0, 0.1) is 0 Å². The van der Waals surface area contributed by atoms with Crippen molar-refractivity contribution in [2.75, 3.05) is 5.32 Å². The molecule has 4 rings (SSSR count). The second-order valence-electron chi connectivity index (χ2n) is 5.17. The van der Waals surface area contributed by atoms with E-state index in [1.165, 1.54) is 6.07 Å². The summed E-state index contributed by atoms with van der Waals surface area (Å²) in [6, 6.07) is 14.0. The third-order valence-electron chi connectivity index (χ3n) is 3.67. The summed E-state index contributed by atoms with van der Waals surface area (Å²) in [6.45, 7) is 0.278. The van der Waals surface area contributed by atoms with Crippen LogP contribution < -0.4 is 10.1 Å². The van der Waals surface area contributed by atoms with Gasteiger partial charge in [-0.15, -0.1) is 0 Å². The number of aromatic hydroxyl groups is 1. The minimum absolute atomic E-state index is 0.0897. The van der Waals surface area contributed by atoms with E-state index >= 15 is 0 Å². The molecular formula is C17H13N3O3. The van der Waals surface area contributed by atoms with Gasteiger partial charge in [0.2, 0.25) is 0 Å². The van der Waals surface area contributed by atoms with Crippen LogP contribution in [-0.4, -0.2) is 20.6 Å². The van der Waals surface area contributed by atoms with Gasteiger partial charge in [-0.1, -0.05) is 18.2 Å². The average Bonchev–Trinajstić information content (AvgIpc) is 2.99. The highest BCUT2D eigenvalue weighted by atomic mass is 16.5. The molecule has 0 fully saturated rings. The van der Waals surface area contributed by atoms with Gasteiger partial charge in [0.25, 0.3) is 5.91 Å². The molecule has 0 radical (unpaired) electrons. The van der Waals surface area contributed by atoms with Gasteiger partial charge in [-0.25, -0.2) is 4.98 Å². The van der Waals surface area contributed by atoms with E-state index < -0.39 is 0 Å². The van der Waals surface area contributed by atoms with Crippen molar-refractivity contribution in [3.8, 4) is 17.2 Å². The van der Waals surface area contributed by atoms with Gasteiger partial charge in [0.1, 0.15) is 24.4 Å². The van der Waals surface area contributed by atoms with Crippen LogP contribution in [-0.2, 0) is 6.61 Å². The summed E-state index contributed by atoms with van der Waals surface area (Å²) < 4.78 is 7.54. The number of hydrogen-bond donors (Lipinski definition) is 2. The fraction of sp³-hybridized carbons (Fsp3) is 0.0588. The van der Waals surface area contributed by atoms with Crippen molar-refractivity contribution in [3.63, 3.8) is 0 Å². The number of nitrogens with one attached hydrogen (secondary N) is 1. The van der Waals surface area contributed by atoms with Crippen LogP contribution in [0.4, 0.5) is 5.69 Å². The van der Waals surface area contributed by atoms with Gasteiger partial charge in [0.05, 0.1) is 11.4 Å². The molecule has 6 nitrogen and oxygen atoms in total. The molecular weight excluding hydrogens is 294 g/mol. The fourth-order valence-electron chi connectivity index (χ4n) is 2.61. The summed E-state index contributed by atoms with van der Waals surface area (Å²) in [4.78, 5) is 16.7. The zero-order valence-corrected chi connectivity index (χ0v) is 12.1. The molecule has 0 saturated heterocycles. The van der Waals surface area contributed by atoms with Gasteiger partial charge in [-0.05, 0) is 24.3 Å². The predicted octanol–water partition coefficient (Wildman–Crippen LogP) is 2.72. The molecule has 1 aliphatic rings. The quantitative estimate of drug-likeness (QED) is 0.763. The molecule has 0 unspecified atom stereocenters. The zero-order valence-electron chi connectivity index (χ0n) is 12.1. The van der Waals surface area contributed by atoms with E-state index in [1.54, 1.807) is 24.5 Å². The van der Waals surface area contributed by atoms with Gasteiger partial charge in [0, 0.05) is 11.8 Å². The molecule has 0 spiro atoms. The largest absolute Gasteiger partial charge is 0.508 e. The SMILES string of the molecule is O=C(Nc1cccc(O)c1)c1ncn2c1COc1ccccc1-2. The van der Waals surface area contributed by atoms with Crippen molar-refractivity contribution in [1.82, 2.24) is 9.55 Å². The molecule has 1 aliphatic heterocycles. The van der Waals surface area contributed by atoms with E-state index in [2.05, 4.69) is 10.3 Å². The number of aromatic nitrogens is 2. The number of carbonyl (C=O) groups is 1. The standard InChI is InChI=1S/C17H13N3O3/c21-12-5-3-4-11(8-12)19-17(22)16-14-9-23-15-7-2-1-6-13(15)20(14)10-18-16/h1-8,10,21H,9H2,(H,19,22). The maximum Gasteiger partial charge on any atom is 0.276 e. The summed E-state index contributed by atoms with van der Waals surface area (Å²) >= 11 is 0. The number of phenols is 1. The molecule has 0 atom stereocenters. The molecule has 23 heavy (non-hydrogen) atoms. The number of benzene rings is 2.